The van der Waals surface area contributed by atoms with Gasteiger partial charge >= 0.3 is 0 Å². The van der Waals surface area contributed by atoms with E-state index in [-0.39, 0.29) is 0 Å². The Morgan fingerprint density at radius 3 is 2.50 bits per heavy atom. The zero-order valence-electron chi connectivity index (χ0n) is 13.5. The van der Waals surface area contributed by atoms with E-state index in [0.29, 0.717) is 6.04 Å². The molecule has 2 atom stereocenters. The Morgan fingerprint density at radius 2 is 1.90 bits per heavy atom. The van der Waals surface area contributed by atoms with Crippen molar-refractivity contribution in [1.29, 1.82) is 0 Å². The molecule has 20 heavy (non-hydrogen) atoms. The van der Waals surface area contributed by atoms with E-state index < -0.39 is 0 Å². The number of hydrogen-bond donors (Lipinski definition) is 1. The lowest BCUT2D eigenvalue weighted by Crippen LogP contribution is -2.33. The molecule has 2 unspecified atom stereocenters. The minimum atomic E-state index is 0.448. The molecule has 1 aliphatic rings. The summed E-state index contributed by atoms with van der Waals surface area (Å²) in [6.45, 7) is 11.4. The second kappa shape index (κ2) is 7.12. The third-order valence-electron chi connectivity index (χ3n) is 4.49. The van der Waals surface area contributed by atoms with Gasteiger partial charge in [0.2, 0.25) is 0 Å². The van der Waals surface area contributed by atoms with Gasteiger partial charge in [0.15, 0.2) is 0 Å². The third kappa shape index (κ3) is 3.54. The molecule has 0 radical (unpaired) electrons. The van der Waals surface area contributed by atoms with Gasteiger partial charge in [-0.1, -0.05) is 32.9 Å². The highest BCUT2D eigenvalue weighted by Gasteiger charge is 2.27. The van der Waals surface area contributed by atoms with Crippen molar-refractivity contribution in [2.45, 2.75) is 59.0 Å². The predicted molar refractivity (Wildman–Crippen MR) is 88.4 cm³/mol. The lowest BCUT2D eigenvalue weighted by molar-refractivity contribution is 0.492. The van der Waals surface area contributed by atoms with Crippen molar-refractivity contribution in [3.63, 3.8) is 0 Å². The number of benzene rings is 1. The fourth-order valence-corrected chi connectivity index (χ4v) is 3.24. The third-order valence-corrected chi connectivity index (χ3v) is 4.49. The van der Waals surface area contributed by atoms with Crippen molar-refractivity contribution >= 4 is 5.69 Å². The second-order valence-electron chi connectivity index (χ2n) is 6.41. The maximum Gasteiger partial charge on any atom is 0.0369 e. The Kier molecular flexibility index (Phi) is 5.47. The van der Waals surface area contributed by atoms with Gasteiger partial charge in [0, 0.05) is 24.3 Å². The number of anilines is 1. The van der Waals surface area contributed by atoms with Crippen LogP contribution in [0.4, 0.5) is 5.69 Å². The Bertz CT molecular complexity index is 396. The van der Waals surface area contributed by atoms with Crippen LogP contribution in [0.2, 0.25) is 0 Å². The molecule has 0 bridgehead atoms. The first-order valence-electron chi connectivity index (χ1n) is 8.23. The fourth-order valence-electron chi connectivity index (χ4n) is 3.24. The Labute approximate surface area is 124 Å². The lowest BCUT2D eigenvalue weighted by Gasteiger charge is -2.30. The van der Waals surface area contributed by atoms with Crippen LogP contribution in [0.3, 0.4) is 0 Å². The summed E-state index contributed by atoms with van der Waals surface area (Å²) in [7, 11) is 0. The fraction of sp³-hybridized carbons (Fsp3) is 0.667. The van der Waals surface area contributed by atoms with Gasteiger partial charge in [0.1, 0.15) is 0 Å². The molecule has 0 aliphatic carbocycles. The van der Waals surface area contributed by atoms with Gasteiger partial charge in [-0.25, -0.2) is 0 Å². The molecule has 1 N–H and O–H groups in total. The average molecular weight is 274 g/mol. The van der Waals surface area contributed by atoms with Crippen LogP contribution in [0.25, 0.3) is 0 Å². The highest BCUT2D eigenvalue weighted by atomic mass is 15.2. The van der Waals surface area contributed by atoms with Crippen molar-refractivity contribution in [3.05, 3.63) is 29.8 Å². The first-order chi connectivity index (χ1) is 9.63. The molecular weight excluding hydrogens is 244 g/mol. The van der Waals surface area contributed by atoms with Crippen molar-refractivity contribution in [2.75, 3.05) is 18.0 Å². The molecule has 1 aromatic carbocycles. The van der Waals surface area contributed by atoms with Crippen LogP contribution in [0.5, 0.6) is 0 Å². The van der Waals surface area contributed by atoms with E-state index in [0.717, 1.165) is 18.5 Å². The molecule has 2 rings (SSSR count). The quantitative estimate of drug-likeness (QED) is 0.828. The minimum Gasteiger partial charge on any atom is -0.368 e. The Balaban J connectivity index is 2.04. The van der Waals surface area contributed by atoms with E-state index in [2.05, 4.69) is 62.2 Å². The summed E-state index contributed by atoms with van der Waals surface area (Å²) in [6.07, 6.45) is 3.86. The van der Waals surface area contributed by atoms with Crippen LogP contribution in [-0.2, 0) is 0 Å². The van der Waals surface area contributed by atoms with E-state index in [1.807, 2.05) is 0 Å². The van der Waals surface area contributed by atoms with Crippen LogP contribution in [-0.4, -0.2) is 19.1 Å². The minimum absolute atomic E-state index is 0.448. The maximum absolute atomic E-state index is 3.55. The normalized spacial score (nSPS) is 20.6. The zero-order valence-corrected chi connectivity index (χ0v) is 13.5. The molecular formula is C18H30N2. The van der Waals surface area contributed by atoms with Crippen LogP contribution in [0.1, 0.15) is 58.6 Å². The monoisotopic (exact) mass is 274 g/mol. The molecule has 0 saturated carbocycles. The van der Waals surface area contributed by atoms with Crippen molar-refractivity contribution in [3.8, 4) is 0 Å². The van der Waals surface area contributed by atoms with E-state index >= 15 is 0 Å². The summed E-state index contributed by atoms with van der Waals surface area (Å²) >= 11 is 0. The summed E-state index contributed by atoms with van der Waals surface area (Å²) in [4.78, 5) is 2.60. The molecule has 0 spiro atoms. The maximum atomic E-state index is 3.55. The summed E-state index contributed by atoms with van der Waals surface area (Å²) in [5.74, 6) is 0.738. The Hall–Kier alpha value is -1.02. The molecule has 0 amide bonds. The standard InChI is InChI=1S/C18H30N2/c1-5-12-19-15(4)16-8-10-17(11-9-16)20-13-6-7-18(20)14(2)3/h8-11,14-15,18-19H,5-7,12-13H2,1-4H3. The van der Waals surface area contributed by atoms with Crippen LogP contribution >= 0.6 is 0 Å². The predicted octanol–water partition coefficient (Wildman–Crippen LogP) is 4.37. The van der Waals surface area contributed by atoms with E-state index in [1.165, 1.54) is 37.1 Å². The summed E-state index contributed by atoms with van der Waals surface area (Å²) < 4.78 is 0. The summed E-state index contributed by atoms with van der Waals surface area (Å²) in [5.41, 5.74) is 2.79. The SMILES string of the molecule is CCCNC(C)c1ccc(N2CCCC2C(C)C)cc1. The molecule has 1 aliphatic heterocycles. The summed E-state index contributed by atoms with van der Waals surface area (Å²) in [6, 6.07) is 10.4. The largest absolute Gasteiger partial charge is 0.368 e. The van der Waals surface area contributed by atoms with Crippen LogP contribution in [0.15, 0.2) is 24.3 Å². The molecule has 2 heteroatoms. The molecule has 1 aromatic rings. The van der Waals surface area contributed by atoms with Crippen LogP contribution < -0.4 is 10.2 Å². The first kappa shape index (κ1) is 15.4. The number of nitrogens with zero attached hydrogens (tertiary/aromatic N) is 1. The lowest BCUT2D eigenvalue weighted by atomic mass is 10.0. The van der Waals surface area contributed by atoms with Crippen molar-refractivity contribution < 1.29 is 0 Å². The first-order valence-corrected chi connectivity index (χ1v) is 8.23. The van der Waals surface area contributed by atoms with Gasteiger partial charge in [-0.3, -0.25) is 0 Å². The molecule has 0 aromatic heterocycles. The van der Waals surface area contributed by atoms with E-state index in [9.17, 15) is 0 Å². The van der Waals surface area contributed by atoms with Gasteiger partial charge in [-0.15, -0.1) is 0 Å². The van der Waals surface area contributed by atoms with Gasteiger partial charge in [0.05, 0.1) is 0 Å². The molecule has 1 heterocycles. The van der Waals surface area contributed by atoms with Crippen molar-refractivity contribution in [1.82, 2.24) is 5.32 Å². The smallest absolute Gasteiger partial charge is 0.0369 e. The van der Waals surface area contributed by atoms with E-state index in [4.69, 9.17) is 0 Å². The topological polar surface area (TPSA) is 15.3 Å². The second-order valence-corrected chi connectivity index (χ2v) is 6.41. The molecule has 112 valence electrons. The van der Waals surface area contributed by atoms with Gasteiger partial charge in [-0.05, 0) is 56.3 Å². The highest BCUT2D eigenvalue weighted by Crippen LogP contribution is 2.30. The number of hydrogen-bond acceptors (Lipinski definition) is 2. The summed E-state index contributed by atoms with van der Waals surface area (Å²) in [5, 5.41) is 3.55. The Morgan fingerprint density at radius 1 is 1.20 bits per heavy atom. The van der Waals surface area contributed by atoms with Crippen LogP contribution in [0, 0.1) is 5.92 Å². The molecule has 2 nitrogen and oxygen atoms in total. The van der Waals surface area contributed by atoms with Gasteiger partial charge in [-0.2, -0.15) is 0 Å². The molecule has 1 saturated heterocycles. The van der Waals surface area contributed by atoms with Crippen molar-refractivity contribution in [2.24, 2.45) is 5.92 Å². The van der Waals surface area contributed by atoms with E-state index in [1.54, 1.807) is 0 Å². The number of nitrogens with one attached hydrogen (secondary N) is 1. The zero-order chi connectivity index (χ0) is 14.5. The average Bonchev–Trinajstić information content (AvgIpc) is 2.94. The van der Waals surface area contributed by atoms with Gasteiger partial charge < -0.3 is 10.2 Å². The van der Waals surface area contributed by atoms with Gasteiger partial charge in [0.25, 0.3) is 0 Å². The number of rotatable bonds is 6. The molecule has 1 fully saturated rings. The highest BCUT2D eigenvalue weighted by molar-refractivity contribution is 5.50.